The molecule has 0 unspecified atom stereocenters. The van der Waals surface area contributed by atoms with Gasteiger partial charge in [-0.3, -0.25) is 4.79 Å². The van der Waals surface area contributed by atoms with Gasteiger partial charge in [-0.25, -0.2) is 0 Å². The van der Waals surface area contributed by atoms with Crippen LogP contribution in [0.3, 0.4) is 0 Å². The first-order valence-corrected chi connectivity index (χ1v) is 9.91. The second-order valence-corrected chi connectivity index (χ2v) is 7.41. The summed E-state index contributed by atoms with van der Waals surface area (Å²) < 4.78 is 5.51. The normalized spacial score (nSPS) is 16.5. The van der Waals surface area contributed by atoms with E-state index in [9.17, 15) is 4.79 Å². The molecule has 0 bridgehead atoms. The first kappa shape index (κ1) is 19.4. The van der Waals surface area contributed by atoms with Crippen molar-refractivity contribution in [3.8, 4) is 0 Å². The summed E-state index contributed by atoms with van der Waals surface area (Å²) in [7, 11) is 0. The predicted molar refractivity (Wildman–Crippen MR) is 112 cm³/mol. The molecule has 0 aliphatic carbocycles. The van der Waals surface area contributed by atoms with Crippen molar-refractivity contribution < 1.29 is 9.53 Å². The maximum Gasteiger partial charge on any atom is 0.258 e. The molecule has 2 aromatic carbocycles. The summed E-state index contributed by atoms with van der Waals surface area (Å²) in [6, 6.07) is 18.4. The van der Waals surface area contributed by atoms with Gasteiger partial charge in [0.25, 0.3) is 5.91 Å². The van der Waals surface area contributed by atoms with E-state index >= 15 is 0 Å². The van der Waals surface area contributed by atoms with Gasteiger partial charge >= 0.3 is 0 Å². The van der Waals surface area contributed by atoms with Crippen LogP contribution in [0.4, 0.5) is 11.4 Å². The maximum atomic E-state index is 13.3. The van der Waals surface area contributed by atoms with E-state index in [-0.39, 0.29) is 5.91 Å². The lowest BCUT2D eigenvalue weighted by molar-refractivity contribution is 0.0981. The van der Waals surface area contributed by atoms with Crippen LogP contribution in [0.25, 0.3) is 0 Å². The molecular weight excluding hydrogens is 336 g/mol. The third-order valence-corrected chi connectivity index (χ3v) is 5.19. The Morgan fingerprint density at radius 2 is 1.78 bits per heavy atom. The molecule has 0 spiro atoms. The highest BCUT2D eigenvalue weighted by molar-refractivity contribution is 6.06. The average Bonchev–Trinajstić information content (AvgIpc) is 3.20. The second-order valence-electron chi connectivity index (χ2n) is 7.41. The van der Waals surface area contributed by atoms with Gasteiger partial charge in [0.1, 0.15) is 0 Å². The van der Waals surface area contributed by atoms with Gasteiger partial charge in [-0.15, -0.1) is 0 Å². The van der Waals surface area contributed by atoms with Crippen molar-refractivity contribution in [3.63, 3.8) is 0 Å². The summed E-state index contributed by atoms with van der Waals surface area (Å²) in [6.07, 6.45) is 1.01. The van der Waals surface area contributed by atoms with E-state index < -0.39 is 0 Å². The number of rotatable bonds is 7. The van der Waals surface area contributed by atoms with Crippen LogP contribution >= 0.6 is 0 Å². The van der Waals surface area contributed by atoms with Crippen LogP contribution in [0.5, 0.6) is 0 Å². The van der Waals surface area contributed by atoms with E-state index in [0.29, 0.717) is 18.5 Å². The highest BCUT2D eigenvalue weighted by Crippen LogP contribution is 2.24. The molecule has 27 heavy (non-hydrogen) atoms. The zero-order valence-electron chi connectivity index (χ0n) is 16.6. The molecule has 4 nitrogen and oxygen atoms in total. The monoisotopic (exact) mass is 366 g/mol. The summed E-state index contributed by atoms with van der Waals surface area (Å²) in [6.45, 7) is 9.68. The third kappa shape index (κ3) is 4.69. The lowest BCUT2D eigenvalue weighted by atomic mass is 10.1. The first-order valence-electron chi connectivity index (χ1n) is 9.91. The number of benzene rings is 2. The van der Waals surface area contributed by atoms with Gasteiger partial charge in [0.15, 0.2) is 0 Å². The Balaban J connectivity index is 1.82. The number of carbonyl (C=O) groups is 1. The van der Waals surface area contributed by atoms with E-state index in [0.717, 1.165) is 43.1 Å². The molecule has 1 heterocycles. The first-order chi connectivity index (χ1) is 13.1. The largest absolute Gasteiger partial charge is 0.381 e. The Hall–Kier alpha value is -2.33. The third-order valence-electron chi connectivity index (χ3n) is 5.19. The molecule has 3 rings (SSSR count). The number of para-hydroxylation sites is 1. The Labute approximate surface area is 162 Å². The lowest BCUT2D eigenvalue weighted by Gasteiger charge is -2.28. The summed E-state index contributed by atoms with van der Waals surface area (Å²) in [5.41, 5.74) is 2.82. The Morgan fingerprint density at radius 3 is 2.33 bits per heavy atom. The topological polar surface area (TPSA) is 32.8 Å². The second kappa shape index (κ2) is 9.05. The van der Waals surface area contributed by atoms with Gasteiger partial charge in [0.2, 0.25) is 0 Å². The van der Waals surface area contributed by atoms with Gasteiger partial charge in [-0.05, 0) is 63.6 Å². The fraction of sp³-hybridized carbons (Fsp3) is 0.435. The van der Waals surface area contributed by atoms with Gasteiger partial charge < -0.3 is 14.5 Å². The van der Waals surface area contributed by atoms with Crippen molar-refractivity contribution in [2.75, 3.05) is 36.1 Å². The van der Waals surface area contributed by atoms with Crippen LogP contribution in [0.2, 0.25) is 0 Å². The molecule has 1 fully saturated rings. The summed E-state index contributed by atoms with van der Waals surface area (Å²) in [4.78, 5) is 17.5. The minimum Gasteiger partial charge on any atom is -0.381 e. The smallest absolute Gasteiger partial charge is 0.258 e. The van der Waals surface area contributed by atoms with E-state index in [2.05, 4.69) is 37.8 Å². The van der Waals surface area contributed by atoms with Crippen molar-refractivity contribution in [2.24, 2.45) is 5.92 Å². The number of hydrogen-bond donors (Lipinski definition) is 0. The molecular formula is C23H30N2O2. The highest BCUT2D eigenvalue weighted by Gasteiger charge is 2.24. The average molecular weight is 367 g/mol. The fourth-order valence-electron chi connectivity index (χ4n) is 3.70. The minimum atomic E-state index is 0.0484. The van der Waals surface area contributed by atoms with Gasteiger partial charge in [0.05, 0.1) is 6.61 Å². The zero-order valence-corrected chi connectivity index (χ0v) is 16.6. The Bertz CT molecular complexity index is 722. The van der Waals surface area contributed by atoms with Gasteiger partial charge in [0, 0.05) is 48.6 Å². The van der Waals surface area contributed by atoms with Crippen LogP contribution in [0, 0.1) is 5.92 Å². The van der Waals surface area contributed by atoms with Crippen molar-refractivity contribution >= 4 is 17.3 Å². The van der Waals surface area contributed by atoms with E-state index in [1.807, 2.05) is 47.4 Å². The number of amides is 1. The van der Waals surface area contributed by atoms with Crippen LogP contribution < -0.4 is 9.80 Å². The van der Waals surface area contributed by atoms with Crippen LogP contribution in [0.15, 0.2) is 54.6 Å². The van der Waals surface area contributed by atoms with Crippen LogP contribution in [-0.4, -0.2) is 38.3 Å². The summed E-state index contributed by atoms with van der Waals surface area (Å²) >= 11 is 0. The molecule has 0 aromatic heterocycles. The fourth-order valence-corrected chi connectivity index (χ4v) is 3.70. The molecule has 144 valence electrons. The molecule has 4 heteroatoms. The SMILES string of the molecule is CCN(c1ccc(C(=O)N(C[C@@H]2CCOC2)c2ccccc2)cc1)C(C)C. The molecule has 0 N–H and O–H groups in total. The highest BCUT2D eigenvalue weighted by atomic mass is 16.5. The number of nitrogens with zero attached hydrogens (tertiary/aromatic N) is 2. The van der Waals surface area contributed by atoms with Crippen molar-refractivity contribution in [1.82, 2.24) is 0 Å². The Morgan fingerprint density at radius 1 is 1.07 bits per heavy atom. The standard InChI is InChI=1S/C23H30N2O2/c1-4-24(18(2)3)22-12-10-20(11-13-22)23(26)25(16-19-14-15-27-17-19)21-8-6-5-7-9-21/h5-13,18-19H,4,14-17H2,1-3H3/t19-/m0/s1. The predicted octanol–water partition coefficient (Wildman–Crippen LogP) is 4.60. The zero-order chi connectivity index (χ0) is 19.2. The molecule has 1 atom stereocenters. The van der Waals surface area contributed by atoms with Crippen LogP contribution in [-0.2, 0) is 4.74 Å². The molecule has 0 radical (unpaired) electrons. The van der Waals surface area contributed by atoms with Crippen molar-refractivity contribution in [2.45, 2.75) is 33.2 Å². The molecule has 1 saturated heterocycles. The van der Waals surface area contributed by atoms with Gasteiger partial charge in [-0.2, -0.15) is 0 Å². The quantitative estimate of drug-likeness (QED) is 0.718. The minimum absolute atomic E-state index is 0.0484. The maximum absolute atomic E-state index is 13.3. The van der Waals surface area contributed by atoms with E-state index in [1.54, 1.807) is 0 Å². The number of anilines is 2. The molecule has 1 aliphatic rings. The van der Waals surface area contributed by atoms with E-state index in [1.165, 1.54) is 0 Å². The summed E-state index contributed by atoms with van der Waals surface area (Å²) in [5, 5.41) is 0. The van der Waals surface area contributed by atoms with E-state index in [4.69, 9.17) is 4.74 Å². The number of hydrogen-bond acceptors (Lipinski definition) is 3. The summed E-state index contributed by atoms with van der Waals surface area (Å²) in [5.74, 6) is 0.442. The van der Waals surface area contributed by atoms with Crippen molar-refractivity contribution in [3.05, 3.63) is 60.2 Å². The number of ether oxygens (including phenoxy) is 1. The van der Waals surface area contributed by atoms with Gasteiger partial charge in [-0.1, -0.05) is 18.2 Å². The van der Waals surface area contributed by atoms with Crippen molar-refractivity contribution in [1.29, 1.82) is 0 Å². The molecule has 1 amide bonds. The Kier molecular flexibility index (Phi) is 6.51. The lowest BCUT2D eigenvalue weighted by Crippen LogP contribution is -2.36. The molecule has 0 saturated carbocycles. The molecule has 1 aliphatic heterocycles. The molecule has 2 aromatic rings. The van der Waals surface area contributed by atoms with Crippen LogP contribution in [0.1, 0.15) is 37.6 Å². The number of carbonyl (C=O) groups excluding carboxylic acids is 1.